The Kier molecular flexibility index (Phi) is 2.60. The number of hydrogen-bond donors (Lipinski definition) is 2. The van der Waals surface area contributed by atoms with Gasteiger partial charge in [-0.05, 0) is 12.8 Å². The van der Waals surface area contributed by atoms with E-state index in [2.05, 4.69) is 10.2 Å². The van der Waals surface area contributed by atoms with Gasteiger partial charge in [0.1, 0.15) is 0 Å². The van der Waals surface area contributed by atoms with Crippen LogP contribution in [0.5, 0.6) is 0 Å². The van der Waals surface area contributed by atoms with Crippen molar-refractivity contribution in [3.8, 4) is 0 Å². The van der Waals surface area contributed by atoms with Gasteiger partial charge in [0.2, 0.25) is 0 Å². The van der Waals surface area contributed by atoms with Crippen LogP contribution in [0.25, 0.3) is 0 Å². The normalized spacial score (nSPS) is 34.2. The number of aliphatic hydroxyl groups excluding tert-OH is 1. The van der Waals surface area contributed by atoms with E-state index in [4.69, 9.17) is 4.74 Å². The molecule has 0 amide bonds. The summed E-state index contributed by atoms with van der Waals surface area (Å²) in [6, 6.07) is 0. The molecular weight excluding hydrogens is 156 g/mol. The lowest BCUT2D eigenvalue weighted by Crippen LogP contribution is -2.47. The van der Waals surface area contributed by atoms with Gasteiger partial charge in [-0.25, -0.2) is 0 Å². The third-order valence-corrected chi connectivity index (χ3v) is 2.53. The summed E-state index contributed by atoms with van der Waals surface area (Å²) >= 11 is 0. The zero-order valence-corrected chi connectivity index (χ0v) is 7.20. The average Bonchev–Trinajstić information content (AvgIpc) is 2.58. The maximum absolute atomic E-state index is 9.28. The monoisotopic (exact) mass is 172 g/mol. The third kappa shape index (κ3) is 1.77. The number of piperidine rings is 1. The lowest BCUT2D eigenvalue weighted by molar-refractivity contribution is -0.0573. The second-order valence-corrected chi connectivity index (χ2v) is 3.44. The van der Waals surface area contributed by atoms with E-state index in [-0.39, 0.29) is 12.5 Å². The standard InChI is InChI=1S/C8H16N2O2/c11-7-1-4-10(5-2-7)8-9-3-6-12-8/h7-9,11H,1-6H2. The molecule has 2 N–H and O–H groups in total. The largest absolute Gasteiger partial charge is 0.393 e. The van der Waals surface area contributed by atoms with Crippen LogP contribution in [0.3, 0.4) is 0 Å². The van der Waals surface area contributed by atoms with E-state index in [9.17, 15) is 5.11 Å². The molecule has 2 aliphatic rings. The highest BCUT2D eigenvalue weighted by Gasteiger charge is 2.26. The van der Waals surface area contributed by atoms with Gasteiger partial charge in [-0.2, -0.15) is 0 Å². The lowest BCUT2D eigenvalue weighted by Gasteiger charge is -2.33. The summed E-state index contributed by atoms with van der Waals surface area (Å²) in [6.45, 7) is 3.64. The van der Waals surface area contributed by atoms with Gasteiger partial charge in [-0.15, -0.1) is 0 Å². The van der Waals surface area contributed by atoms with Crippen molar-refractivity contribution in [1.29, 1.82) is 0 Å². The zero-order valence-electron chi connectivity index (χ0n) is 7.20. The number of aliphatic hydroxyl groups is 1. The molecule has 0 aromatic heterocycles. The second-order valence-electron chi connectivity index (χ2n) is 3.44. The van der Waals surface area contributed by atoms with Crippen molar-refractivity contribution in [2.75, 3.05) is 26.2 Å². The Morgan fingerprint density at radius 2 is 2.08 bits per heavy atom. The molecule has 4 nitrogen and oxygen atoms in total. The van der Waals surface area contributed by atoms with Crippen LogP contribution in [0, 0.1) is 0 Å². The van der Waals surface area contributed by atoms with Gasteiger partial charge in [0.25, 0.3) is 0 Å². The molecule has 0 saturated carbocycles. The molecule has 0 bridgehead atoms. The predicted molar refractivity (Wildman–Crippen MR) is 44.6 cm³/mol. The fraction of sp³-hybridized carbons (Fsp3) is 1.00. The van der Waals surface area contributed by atoms with E-state index in [1.165, 1.54) is 0 Å². The molecule has 0 aromatic rings. The van der Waals surface area contributed by atoms with Gasteiger partial charge in [0, 0.05) is 19.6 Å². The van der Waals surface area contributed by atoms with Crippen molar-refractivity contribution in [1.82, 2.24) is 10.2 Å². The minimum atomic E-state index is -0.0948. The Balaban J connectivity index is 1.80. The minimum absolute atomic E-state index is 0.0948. The summed E-state index contributed by atoms with van der Waals surface area (Å²) in [4.78, 5) is 2.25. The molecule has 0 radical (unpaired) electrons. The van der Waals surface area contributed by atoms with Gasteiger partial charge in [-0.3, -0.25) is 10.2 Å². The quantitative estimate of drug-likeness (QED) is 0.551. The van der Waals surface area contributed by atoms with Crippen LogP contribution >= 0.6 is 0 Å². The van der Waals surface area contributed by atoms with Gasteiger partial charge in [0.15, 0.2) is 6.35 Å². The number of likely N-dealkylation sites (tertiary alicyclic amines) is 1. The van der Waals surface area contributed by atoms with Crippen molar-refractivity contribution in [2.45, 2.75) is 25.3 Å². The molecule has 2 heterocycles. The van der Waals surface area contributed by atoms with E-state index < -0.39 is 0 Å². The first-order valence-electron chi connectivity index (χ1n) is 4.63. The summed E-state index contributed by atoms with van der Waals surface area (Å²) in [7, 11) is 0. The topological polar surface area (TPSA) is 44.7 Å². The molecule has 4 heteroatoms. The molecule has 1 unspecified atom stereocenters. The van der Waals surface area contributed by atoms with E-state index >= 15 is 0 Å². The number of nitrogens with one attached hydrogen (secondary N) is 1. The van der Waals surface area contributed by atoms with Crippen LogP contribution in [-0.4, -0.2) is 48.7 Å². The zero-order chi connectivity index (χ0) is 8.39. The second kappa shape index (κ2) is 3.70. The number of rotatable bonds is 1. The van der Waals surface area contributed by atoms with Gasteiger partial charge >= 0.3 is 0 Å². The minimum Gasteiger partial charge on any atom is -0.393 e. The number of ether oxygens (including phenoxy) is 1. The van der Waals surface area contributed by atoms with Crippen molar-refractivity contribution in [2.24, 2.45) is 0 Å². The Hall–Kier alpha value is -0.160. The summed E-state index contributed by atoms with van der Waals surface area (Å²) < 4.78 is 5.46. The Bertz CT molecular complexity index is 140. The maximum Gasteiger partial charge on any atom is 0.166 e. The molecule has 0 aliphatic carbocycles. The Labute approximate surface area is 72.5 Å². The van der Waals surface area contributed by atoms with Gasteiger partial charge < -0.3 is 9.84 Å². The van der Waals surface area contributed by atoms with E-state index in [0.717, 1.165) is 39.1 Å². The van der Waals surface area contributed by atoms with Crippen molar-refractivity contribution >= 4 is 0 Å². The number of hydrogen-bond acceptors (Lipinski definition) is 4. The molecule has 2 aliphatic heterocycles. The molecule has 0 spiro atoms. The molecule has 70 valence electrons. The summed E-state index contributed by atoms with van der Waals surface area (Å²) in [6.07, 6.45) is 1.77. The van der Waals surface area contributed by atoms with Crippen LogP contribution < -0.4 is 5.32 Å². The maximum atomic E-state index is 9.28. The van der Waals surface area contributed by atoms with Crippen LogP contribution in [-0.2, 0) is 4.74 Å². The summed E-state index contributed by atoms with van der Waals surface area (Å²) in [5, 5.41) is 12.5. The highest BCUT2D eigenvalue weighted by molar-refractivity contribution is 4.74. The highest BCUT2D eigenvalue weighted by atomic mass is 16.5. The fourth-order valence-electron chi connectivity index (χ4n) is 1.77. The third-order valence-electron chi connectivity index (χ3n) is 2.53. The number of nitrogens with zero attached hydrogens (tertiary/aromatic N) is 1. The average molecular weight is 172 g/mol. The summed E-state index contributed by atoms with van der Waals surface area (Å²) in [5.41, 5.74) is 0. The molecule has 1 atom stereocenters. The van der Waals surface area contributed by atoms with E-state index in [0.29, 0.717) is 0 Å². The Morgan fingerprint density at radius 1 is 1.33 bits per heavy atom. The molecule has 12 heavy (non-hydrogen) atoms. The lowest BCUT2D eigenvalue weighted by atomic mass is 10.1. The first-order valence-corrected chi connectivity index (χ1v) is 4.63. The van der Waals surface area contributed by atoms with Crippen molar-refractivity contribution in [3.05, 3.63) is 0 Å². The van der Waals surface area contributed by atoms with E-state index in [1.807, 2.05) is 0 Å². The van der Waals surface area contributed by atoms with Crippen molar-refractivity contribution in [3.63, 3.8) is 0 Å². The molecular formula is C8H16N2O2. The van der Waals surface area contributed by atoms with Crippen LogP contribution in [0.1, 0.15) is 12.8 Å². The first-order chi connectivity index (χ1) is 5.86. The van der Waals surface area contributed by atoms with E-state index in [1.54, 1.807) is 0 Å². The molecule has 2 rings (SSSR count). The molecule has 0 aromatic carbocycles. The van der Waals surface area contributed by atoms with Gasteiger partial charge in [-0.1, -0.05) is 0 Å². The predicted octanol–water partition coefficient (Wildman–Crippen LogP) is -0.653. The smallest absolute Gasteiger partial charge is 0.166 e. The van der Waals surface area contributed by atoms with Crippen molar-refractivity contribution < 1.29 is 9.84 Å². The highest BCUT2D eigenvalue weighted by Crippen LogP contribution is 2.13. The SMILES string of the molecule is OC1CCN(C2NCCO2)CC1. The van der Waals surface area contributed by atoms with Crippen LogP contribution in [0.15, 0.2) is 0 Å². The fourth-order valence-corrected chi connectivity index (χ4v) is 1.77. The molecule has 2 saturated heterocycles. The van der Waals surface area contributed by atoms with Gasteiger partial charge in [0.05, 0.1) is 12.7 Å². The summed E-state index contributed by atoms with van der Waals surface area (Å²) in [5.74, 6) is 0. The Morgan fingerprint density at radius 3 is 2.67 bits per heavy atom. The molecule has 2 fully saturated rings. The first kappa shape index (κ1) is 8.44. The van der Waals surface area contributed by atoms with Crippen LogP contribution in [0.4, 0.5) is 0 Å². The van der Waals surface area contributed by atoms with Crippen LogP contribution in [0.2, 0.25) is 0 Å².